The van der Waals surface area contributed by atoms with Crippen LogP contribution >= 0.6 is 11.6 Å². The summed E-state index contributed by atoms with van der Waals surface area (Å²) in [4.78, 5) is 12.2. The van der Waals surface area contributed by atoms with Crippen LogP contribution in [0.3, 0.4) is 0 Å². The van der Waals surface area contributed by atoms with Gasteiger partial charge in [-0.05, 0) is 54.3 Å². The maximum absolute atomic E-state index is 12.2. The number of carbonyl (C=O) groups excluding carboxylic acids is 1. The predicted molar refractivity (Wildman–Crippen MR) is 94.4 cm³/mol. The zero-order chi connectivity index (χ0) is 16.4. The highest BCUT2D eigenvalue weighted by Crippen LogP contribution is 2.27. The summed E-state index contributed by atoms with van der Waals surface area (Å²) in [5.74, 6) is 0.188. The molecule has 0 saturated heterocycles. The van der Waals surface area contributed by atoms with Gasteiger partial charge in [0.05, 0.1) is 5.69 Å². The average Bonchev–Trinajstić information content (AvgIpc) is 2.51. The van der Waals surface area contributed by atoms with Crippen molar-refractivity contribution in [2.24, 2.45) is 0 Å². The van der Waals surface area contributed by atoms with Gasteiger partial charge in [-0.2, -0.15) is 0 Å². The van der Waals surface area contributed by atoms with Gasteiger partial charge in [0.2, 0.25) is 0 Å². The predicted octanol–water partition coefficient (Wildman–Crippen LogP) is 5.15. The van der Waals surface area contributed by atoms with Gasteiger partial charge < -0.3 is 15.7 Å². The Labute approximate surface area is 138 Å². The average molecular weight is 327 g/mol. The second kappa shape index (κ2) is 6.18. The third-order valence-corrected chi connectivity index (χ3v) is 3.95. The Balaban J connectivity index is 1.81. The van der Waals surface area contributed by atoms with Crippen molar-refractivity contribution in [2.75, 3.05) is 10.6 Å². The quantitative estimate of drug-likeness (QED) is 0.609. The SMILES string of the molecule is Cc1ccc(NC(=O)Nc2cccc3cc(O)ccc23)cc1Cl. The molecule has 0 aliphatic heterocycles. The van der Waals surface area contributed by atoms with Crippen LogP contribution in [-0.4, -0.2) is 11.1 Å². The minimum absolute atomic E-state index is 0.188. The minimum Gasteiger partial charge on any atom is -0.508 e. The van der Waals surface area contributed by atoms with Crippen LogP contribution in [-0.2, 0) is 0 Å². The molecule has 2 amide bonds. The Bertz CT molecular complexity index is 893. The highest BCUT2D eigenvalue weighted by Gasteiger charge is 2.07. The van der Waals surface area contributed by atoms with Crippen LogP contribution in [0.1, 0.15) is 5.56 Å². The molecule has 4 nitrogen and oxygen atoms in total. The number of aromatic hydroxyl groups is 1. The number of rotatable bonds is 2. The molecule has 0 aliphatic carbocycles. The minimum atomic E-state index is -0.356. The summed E-state index contributed by atoms with van der Waals surface area (Å²) >= 11 is 6.06. The van der Waals surface area contributed by atoms with Crippen molar-refractivity contribution in [2.45, 2.75) is 6.92 Å². The lowest BCUT2D eigenvalue weighted by atomic mass is 10.1. The molecule has 3 aromatic carbocycles. The van der Waals surface area contributed by atoms with Crippen molar-refractivity contribution in [3.8, 4) is 5.75 Å². The van der Waals surface area contributed by atoms with Crippen LogP contribution < -0.4 is 10.6 Å². The molecular formula is C18H15ClN2O2. The molecule has 23 heavy (non-hydrogen) atoms. The fourth-order valence-corrected chi connectivity index (χ4v) is 2.52. The van der Waals surface area contributed by atoms with E-state index in [2.05, 4.69) is 10.6 Å². The number of amides is 2. The highest BCUT2D eigenvalue weighted by atomic mass is 35.5. The summed E-state index contributed by atoms with van der Waals surface area (Å²) in [5, 5.41) is 17.4. The Hall–Kier alpha value is -2.72. The van der Waals surface area contributed by atoms with E-state index >= 15 is 0 Å². The highest BCUT2D eigenvalue weighted by molar-refractivity contribution is 6.31. The molecule has 0 radical (unpaired) electrons. The molecule has 3 aromatic rings. The maximum Gasteiger partial charge on any atom is 0.323 e. The Morgan fingerprint density at radius 1 is 1.04 bits per heavy atom. The number of aryl methyl sites for hydroxylation is 1. The van der Waals surface area contributed by atoms with Crippen LogP contribution in [0.15, 0.2) is 54.6 Å². The lowest BCUT2D eigenvalue weighted by molar-refractivity contribution is 0.262. The number of fused-ring (bicyclic) bond motifs is 1. The van der Waals surface area contributed by atoms with E-state index < -0.39 is 0 Å². The van der Waals surface area contributed by atoms with Crippen molar-refractivity contribution >= 4 is 39.8 Å². The van der Waals surface area contributed by atoms with Gasteiger partial charge in [0.1, 0.15) is 5.75 Å². The Morgan fingerprint density at radius 2 is 1.87 bits per heavy atom. The van der Waals surface area contributed by atoms with E-state index in [1.807, 2.05) is 25.1 Å². The van der Waals surface area contributed by atoms with E-state index in [0.29, 0.717) is 16.4 Å². The standard InChI is InChI=1S/C18H15ClN2O2/c1-11-5-6-13(10-16(11)19)20-18(23)21-17-4-2-3-12-9-14(22)7-8-15(12)17/h2-10,22H,1H3,(H2,20,21,23). The first kappa shape index (κ1) is 15.2. The number of phenolic OH excluding ortho intramolecular Hbond substituents is 1. The van der Waals surface area contributed by atoms with E-state index in [-0.39, 0.29) is 11.8 Å². The molecular weight excluding hydrogens is 312 g/mol. The number of phenols is 1. The number of anilines is 2. The number of hydrogen-bond acceptors (Lipinski definition) is 2. The zero-order valence-corrected chi connectivity index (χ0v) is 13.2. The molecule has 3 N–H and O–H groups in total. The third-order valence-electron chi connectivity index (χ3n) is 3.54. The summed E-state index contributed by atoms with van der Waals surface area (Å²) in [6.07, 6.45) is 0. The smallest absolute Gasteiger partial charge is 0.323 e. The van der Waals surface area contributed by atoms with Gasteiger partial charge in [0.15, 0.2) is 0 Å². The first-order chi connectivity index (χ1) is 11.0. The van der Waals surface area contributed by atoms with Crippen molar-refractivity contribution in [1.29, 1.82) is 0 Å². The van der Waals surface area contributed by atoms with Gasteiger partial charge in [-0.25, -0.2) is 4.79 Å². The largest absolute Gasteiger partial charge is 0.508 e. The van der Waals surface area contributed by atoms with Crippen LogP contribution in [0.2, 0.25) is 5.02 Å². The number of hydrogen-bond donors (Lipinski definition) is 3. The zero-order valence-electron chi connectivity index (χ0n) is 12.4. The molecule has 0 spiro atoms. The Kier molecular flexibility index (Phi) is 4.08. The van der Waals surface area contributed by atoms with Crippen LogP contribution in [0.5, 0.6) is 5.75 Å². The van der Waals surface area contributed by atoms with Gasteiger partial charge in [0.25, 0.3) is 0 Å². The van der Waals surface area contributed by atoms with E-state index in [1.54, 1.807) is 36.4 Å². The van der Waals surface area contributed by atoms with E-state index in [1.165, 1.54) is 0 Å². The van der Waals surface area contributed by atoms with Gasteiger partial charge >= 0.3 is 6.03 Å². The number of carbonyl (C=O) groups is 1. The number of urea groups is 1. The summed E-state index contributed by atoms with van der Waals surface area (Å²) in [6, 6.07) is 15.5. The van der Waals surface area contributed by atoms with Gasteiger partial charge in [-0.1, -0.05) is 29.8 Å². The van der Waals surface area contributed by atoms with Crippen LogP contribution in [0.4, 0.5) is 16.2 Å². The third kappa shape index (κ3) is 3.38. The van der Waals surface area contributed by atoms with E-state index in [0.717, 1.165) is 16.3 Å². The van der Waals surface area contributed by atoms with Gasteiger partial charge in [-0.3, -0.25) is 0 Å². The second-order valence-electron chi connectivity index (χ2n) is 5.25. The topological polar surface area (TPSA) is 61.4 Å². The van der Waals surface area contributed by atoms with Crippen molar-refractivity contribution < 1.29 is 9.90 Å². The van der Waals surface area contributed by atoms with Crippen molar-refractivity contribution in [3.05, 3.63) is 65.2 Å². The second-order valence-corrected chi connectivity index (χ2v) is 5.66. The first-order valence-corrected chi connectivity index (χ1v) is 7.46. The maximum atomic E-state index is 12.2. The molecule has 0 fully saturated rings. The summed E-state index contributed by atoms with van der Waals surface area (Å²) in [7, 11) is 0. The molecule has 0 saturated carbocycles. The summed E-state index contributed by atoms with van der Waals surface area (Å²) in [5.41, 5.74) is 2.24. The van der Waals surface area contributed by atoms with Crippen molar-refractivity contribution in [3.63, 3.8) is 0 Å². The van der Waals surface area contributed by atoms with Crippen LogP contribution in [0.25, 0.3) is 10.8 Å². The molecule has 116 valence electrons. The monoisotopic (exact) mass is 326 g/mol. The fourth-order valence-electron chi connectivity index (χ4n) is 2.34. The van der Waals surface area contributed by atoms with E-state index in [9.17, 15) is 9.90 Å². The normalized spacial score (nSPS) is 10.5. The summed E-state index contributed by atoms with van der Waals surface area (Å²) in [6.45, 7) is 1.90. The molecule has 0 atom stereocenters. The fraction of sp³-hybridized carbons (Fsp3) is 0.0556. The molecule has 0 heterocycles. The number of benzene rings is 3. The van der Waals surface area contributed by atoms with Gasteiger partial charge in [-0.15, -0.1) is 0 Å². The van der Waals surface area contributed by atoms with Gasteiger partial charge in [0, 0.05) is 16.1 Å². The molecule has 0 bridgehead atoms. The van der Waals surface area contributed by atoms with Crippen molar-refractivity contribution in [1.82, 2.24) is 0 Å². The summed E-state index contributed by atoms with van der Waals surface area (Å²) < 4.78 is 0. The first-order valence-electron chi connectivity index (χ1n) is 7.09. The van der Waals surface area contributed by atoms with Crippen LogP contribution in [0, 0.1) is 6.92 Å². The molecule has 0 aliphatic rings. The number of halogens is 1. The molecule has 3 rings (SSSR count). The molecule has 0 unspecified atom stereocenters. The molecule has 5 heteroatoms. The number of nitrogens with one attached hydrogen (secondary N) is 2. The lowest BCUT2D eigenvalue weighted by Gasteiger charge is -2.11. The Morgan fingerprint density at radius 3 is 2.65 bits per heavy atom. The van der Waals surface area contributed by atoms with E-state index in [4.69, 9.17) is 11.6 Å². The molecule has 0 aromatic heterocycles. The lowest BCUT2D eigenvalue weighted by Crippen LogP contribution is -2.19.